The molecule has 6 nitrogen and oxygen atoms in total. The Bertz CT molecular complexity index is 722. The van der Waals surface area contributed by atoms with Crippen molar-refractivity contribution in [3.8, 4) is 0 Å². The molecule has 1 fully saturated rings. The number of carbonyl (C=O) groups excluding carboxylic acids is 2. The third-order valence-electron chi connectivity index (χ3n) is 5.05. The second-order valence-corrected chi connectivity index (χ2v) is 6.95. The SMILES string of the molecule is CN(CCCNC(=O)C1CCN(C(=O)c2ccco2)CC1)c1ccccc1. The lowest BCUT2D eigenvalue weighted by molar-refractivity contribution is -0.126. The van der Waals surface area contributed by atoms with Gasteiger partial charge in [0.05, 0.1) is 6.26 Å². The van der Waals surface area contributed by atoms with Crippen LogP contribution in [0.3, 0.4) is 0 Å². The normalized spacial score (nSPS) is 14.8. The molecular formula is C21H27N3O3. The summed E-state index contributed by atoms with van der Waals surface area (Å²) in [7, 11) is 2.06. The molecule has 144 valence electrons. The first kappa shape index (κ1) is 19.0. The summed E-state index contributed by atoms with van der Waals surface area (Å²) < 4.78 is 5.17. The molecule has 0 spiro atoms. The maximum atomic E-state index is 12.4. The van der Waals surface area contributed by atoms with Crippen molar-refractivity contribution in [1.82, 2.24) is 10.2 Å². The molecule has 0 aliphatic carbocycles. The number of rotatable bonds is 7. The summed E-state index contributed by atoms with van der Waals surface area (Å²) in [5.41, 5.74) is 1.18. The Kier molecular flexibility index (Phi) is 6.52. The van der Waals surface area contributed by atoms with Gasteiger partial charge < -0.3 is 19.5 Å². The standard InChI is InChI=1S/C21H27N3O3/c1-23(18-7-3-2-4-8-18)13-6-12-22-20(25)17-10-14-24(15-11-17)21(26)19-9-5-16-27-19/h2-5,7-9,16-17H,6,10-15H2,1H3,(H,22,25). The van der Waals surface area contributed by atoms with Gasteiger partial charge in [-0.1, -0.05) is 18.2 Å². The summed E-state index contributed by atoms with van der Waals surface area (Å²) in [4.78, 5) is 28.6. The molecule has 1 aromatic heterocycles. The molecule has 2 aromatic rings. The maximum absolute atomic E-state index is 12.4. The summed E-state index contributed by atoms with van der Waals surface area (Å²) in [5, 5.41) is 3.04. The summed E-state index contributed by atoms with van der Waals surface area (Å²) in [6, 6.07) is 13.6. The molecule has 0 atom stereocenters. The monoisotopic (exact) mass is 369 g/mol. The zero-order valence-corrected chi connectivity index (χ0v) is 15.8. The molecule has 0 radical (unpaired) electrons. The van der Waals surface area contributed by atoms with Gasteiger partial charge >= 0.3 is 0 Å². The molecule has 1 aromatic carbocycles. The Morgan fingerprint density at radius 2 is 1.89 bits per heavy atom. The van der Waals surface area contributed by atoms with E-state index in [0.717, 1.165) is 13.0 Å². The van der Waals surface area contributed by atoms with Gasteiger partial charge in [0.1, 0.15) is 0 Å². The summed E-state index contributed by atoms with van der Waals surface area (Å²) in [6.07, 6.45) is 3.79. The van der Waals surface area contributed by atoms with Gasteiger partial charge in [0.25, 0.3) is 5.91 Å². The highest BCUT2D eigenvalue weighted by molar-refractivity contribution is 5.91. The van der Waals surface area contributed by atoms with Crippen LogP contribution >= 0.6 is 0 Å². The summed E-state index contributed by atoms with van der Waals surface area (Å²) in [6.45, 7) is 2.74. The van der Waals surface area contributed by atoms with Crippen LogP contribution in [0.4, 0.5) is 5.69 Å². The van der Waals surface area contributed by atoms with Gasteiger partial charge in [-0.25, -0.2) is 0 Å². The van der Waals surface area contributed by atoms with Gasteiger partial charge in [-0.15, -0.1) is 0 Å². The van der Waals surface area contributed by atoms with E-state index in [-0.39, 0.29) is 17.7 Å². The van der Waals surface area contributed by atoms with Crippen molar-refractivity contribution < 1.29 is 14.0 Å². The third-order valence-corrected chi connectivity index (χ3v) is 5.05. The number of nitrogens with one attached hydrogen (secondary N) is 1. The molecule has 2 heterocycles. The van der Waals surface area contributed by atoms with E-state index in [4.69, 9.17) is 4.42 Å². The van der Waals surface area contributed by atoms with Crippen LogP contribution in [-0.4, -0.2) is 49.9 Å². The molecule has 2 amide bonds. The fraction of sp³-hybridized carbons (Fsp3) is 0.429. The van der Waals surface area contributed by atoms with E-state index in [1.807, 2.05) is 18.2 Å². The first-order chi connectivity index (χ1) is 13.1. The van der Waals surface area contributed by atoms with Crippen molar-refractivity contribution >= 4 is 17.5 Å². The number of hydrogen-bond acceptors (Lipinski definition) is 4. The van der Waals surface area contributed by atoms with Gasteiger partial charge in [-0.2, -0.15) is 0 Å². The Hall–Kier alpha value is -2.76. The minimum Gasteiger partial charge on any atom is -0.459 e. The second kappa shape index (κ2) is 9.26. The summed E-state index contributed by atoms with van der Waals surface area (Å²) >= 11 is 0. The molecule has 1 saturated heterocycles. The van der Waals surface area contributed by atoms with Crippen LogP contribution < -0.4 is 10.2 Å². The topological polar surface area (TPSA) is 65.8 Å². The van der Waals surface area contributed by atoms with Crippen molar-refractivity contribution in [3.63, 3.8) is 0 Å². The Morgan fingerprint density at radius 1 is 1.15 bits per heavy atom. The molecule has 0 saturated carbocycles. The van der Waals surface area contributed by atoms with E-state index >= 15 is 0 Å². The highest BCUT2D eigenvalue weighted by Crippen LogP contribution is 2.19. The highest BCUT2D eigenvalue weighted by atomic mass is 16.3. The van der Waals surface area contributed by atoms with Crippen LogP contribution in [0.15, 0.2) is 53.1 Å². The third kappa shape index (κ3) is 5.12. The molecule has 1 aliphatic rings. The van der Waals surface area contributed by atoms with E-state index in [2.05, 4.69) is 29.4 Å². The zero-order valence-electron chi connectivity index (χ0n) is 15.8. The quantitative estimate of drug-likeness (QED) is 0.762. The van der Waals surface area contributed by atoms with Crippen LogP contribution in [-0.2, 0) is 4.79 Å². The molecule has 0 unspecified atom stereocenters. The van der Waals surface area contributed by atoms with Gasteiger partial charge in [0, 0.05) is 44.8 Å². The van der Waals surface area contributed by atoms with Crippen LogP contribution in [0.5, 0.6) is 0 Å². The number of piperidine rings is 1. The number of nitrogens with zero attached hydrogens (tertiary/aromatic N) is 2. The van der Waals surface area contributed by atoms with E-state index in [1.165, 1.54) is 12.0 Å². The number of amides is 2. The number of hydrogen-bond donors (Lipinski definition) is 1. The number of anilines is 1. The Labute approximate surface area is 160 Å². The number of para-hydroxylation sites is 1. The molecule has 6 heteroatoms. The molecule has 27 heavy (non-hydrogen) atoms. The van der Waals surface area contributed by atoms with E-state index in [0.29, 0.717) is 38.2 Å². The van der Waals surface area contributed by atoms with Crippen LogP contribution in [0.25, 0.3) is 0 Å². The predicted molar refractivity (Wildman–Crippen MR) is 105 cm³/mol. The first-order valence-corrected chi connectivity index (χ1v) is 9.52. The molecule has 3 rings (SSSR count). The fourth-order valence-electron chi connectivity index (χ4n) is 3.38. The minimum absolute atomic E-state index is 0.0162. The van der Waals surface area contributed by atoms with Crippen LogP contribution in [0, 0.1) is 5.92 Å². The van der Waals surface area contributed by atoms with Crippen molar-refractivity contribution in [1.29, 1.82) is 0 Å². The maximum Gasteiger partial charge on any atom is 0.289 e. The smallest absolute Gasteiger partial charge is 0.289 e. The van der Waals surface area contributed by atoms with Crippen molar-refractivity contribution in [2.24, 2.45) is 5.92 Å². The van der Waals surface area contributed by atoms with Gasteiger partial charge in [-0.05, 0) is 43.5 Å². The number of furan rings is 1. The minimum atomic E-state index is -0.0946. The van der Waals surface area contributed by atoms with Crippen LogP contribution in [0.1, 0.15) is 29.8 Å². The number of carbonyl (C=O) groups is 2. The predicted octanol–water partition coefficient (Wildman–Crippen LogP) is 2.77. The molecule has 1 aliphatic heterocycles. The Morgan fingerprint density at radius 3 is 2.56 bits per heavy atom. The van der Waals surface area contributed by atoms with Gasteiger partial charge in [0.2, 0.25) is 5.91 Å². The van der Waals surface area contributed by atoms with Crippen molar-refractivity contribution in [2.45, 2.75) is 19.3 Å². The van der Waals surface area contributed by atoms with Gasteiger partial charge in [-0.3, -0.25) is 9.59 Å². The lowest BCUT2D eigenvalue weighted by Gasteiger charge is -2.30. The van der Waals surface area contributed by atoms with Crippen LogP contribution in [0.2, 0.25) is 0 Å². The lowest BCUT2D eigenvalue weighted by atomic mass is 9.95. The van der Waals surface area contributed by atoms with E-state index in [9.17, 15) is 9.59 Å². The molecule has 1 N–H and O–H groups in total. The lowest BCUT2D eigenvalue weighted by Crippen LogP contribution is -2.43. The summed E-state index contributed by atoms with van der Waals surface area (Å²) in [5.74, 6) is 0.350. The van der Waals surface area contributed by atoms with E-state index < -0.39 is 0 Å². The highest BCUT2D eigenvalue weighted by Gasteiger charge is 2.28. The fourth-order valence-corrected chi connectivity index (χ4v) is 3.38. The average molecular weight is 369 g/mol. The van der Waals surface area contributed by atoms with Crippen molar-refractivity contribution in [2.75, 3.05) is 38.1 Å². The zero-order chi connectivity index (χ0) is 19.1. The largest absolute Gasteiger partial charge is 0.459 e. The molecular weight excluding hydrogens is 342 g/mol. The average Bonchev–Trinajstić information content (AvgIpc) is 3.26. The number of benzene rings is 1. The van der Waals surface area contributed by atoms with Crippen molar-refractivity contribution in [3.05, 3.63) is 54.5 Å². The van der Waals surface area contributed by atoms with E-state index in [1.54, 1.807) is 17.0 Å². The second-order valence-electron chi connectivity index (χ2n) is 6.95. The van der Waals surface area contributed by atoms with Gasteiger partial charge in [0.15, 0.2) is 5.76 Å². The number of likely N-dealkylation sites (tertiary alicyclic amines) is 1. The first-order valence-electron chi connectivity index (χ1n) is 9.52. The Balaban J connectivity index is 1.34. The molecule has 0 bridgehead atoms.